The summed E-state index contributed by atoms with van der Waals surface area (Å²) in [6.07, 6.45) is 4.62. The minimum absolute atomic E-state index is 0.311. The Morgan fingerprint density at radius 1 is 1.29 bits per heavy atom. The Kier molecular flexibility index (Phi) is 7.76. The Morgan fingerprint density at radius 2 is 2.00 bits per heavy atom. The van der Waals surface area contributed by atoms with Crippen molar-refractivity contribution in [2.45, 2.75) is 52.6 Å². The molecule has 3 heteroatoms. The zero-order valence-corrected chi connectivity index (χ0v) is 13.3. The van der Waals surface area contributed by atoms with Crippen molar-refractivity contribution in [1.82, 2.24) is 0 Å². The zero-order chi connectivity index (χ0) is 15.7. The molecule has 0 spiro atoms. The van der Waals surface area contributed by atoms with Crippen LogP contribution in [0.15, 0.2) is 29.8 Å². The van der Waals surface area contributed by atoms with Gasteiger partial charge in [0, 0.05) is 0 Å². The quantitative estimate of drug-likeness (QED) is 0.449. The number of carbonyl (C=O) groups excluding carboxylic acids is 1. The number of unbranched alkanes of at least 4 members (excludes halogenated alkanes) is 2. The lowest BCUT2D eigenvalue weighted by Gasteiger charge is -2.14. The number of carbonyl (C=O) groups is 1. The number of hydrogen-bond donors (Lipinski definition) is 1. The Bertz CT molecular complexity index is 477. The number of aryl methyl sites for hydroxylation is 1. The van der Waals surface area contributed by atoms with Gasteiger partial charge in [-0.05, 0) is 37.5 Å². The van der Waals surface area contributed by atoms with Crippen molar-refractivity contribution in [1.29, 1.82) is 0 Å². The molecular weight excluding hydrogens is 264 g/mol. The van der Waals surface area contributed by atoms with Crippen LogP contribution in [0.5, 0.6) is 0 Å². The van der Waals surface area contributed by atoms with E-state index in [1.165, 1.54) is 0 Å². The number of benzene rings is 1. The highest BCUT2D eigenvalue weighted by atomic mass is 16.5. The molecule has 1 N–H and O–H groups in total. The molecule has 0 aromatic heterocycles. The van der Waals surface area contributed by atoms with Gasteiger partial charge in [-0.2, -0.15) is 0 Å². The van der Waals surface area contributed by atoms with Crippen molar-refractivity contribution in [3.8, 4) is 0 Å². The number of esters is 1. The summed E-state index contributed by atoms with van der Waals surface area (Å²) < 4.78 is 5.08. The average Bonchev–Trinajstić information content (AvgIpc) is 2.46. The zero-order valence-electron chi connectivity index (χ0n) is 13.3. The Labute approximate surface area is 127 Å². The Morgan fingerprint density at radius 3 is 2.62 bits per heavy atom. The van der Waals surface area contributed by atoms with Gasteiger partial charge >= 0.3 is 5.97 Å². The first-order chi connectivity index (χ1) is 10.1. The van der Waals surface area contributed by atoms with Gasteiger partial charge in [-0.15, -0.1) is 0 Å². The number of rotatable bonds is 8. The summed E-state index contributed by atoms with van der Waals surface area (Å²) in [5.41, 5.74) is 2.36. The predicted molar refractivity (Wildman–Crippen MR) is 85.9 cm³/mol. The largest absolute Gasteiger partial charge is 0.463 e. The van der Waals surface area contributed by atoms with Crippen LogP contribution < -0.4 is 0 Å². The fourth-order valence-corrected chi connectivity index (χ4v) is 2.17. The molecule has 116 valence electrons. The maximum atomic E-state index is 12.1. The van der Waals surface area contributed by atoms with Gasteiger partial charge in [0.15, 0.2) is 0 Å². The molecule has 0 aliphatic rings. The molecule has 1 rings (SSSR count). The SMILES string of the molecule is CCCCCC(O)/C(=C/c1ccccc1C)C(=O)OCC. The van der Waals surface area contributed by atoms with Gasteiger partial charge in [0.25, 0.3) is 0 Å². The van der Waals surface area contributed by atoms with E-state index < -0.39 is 12.1 Å². The molecule has 0 saturated heterocycles. The smallest absolute Gasteiger partial charge is 0.336 e. The minimum Gasteiger partial charge on any atom is -0.463 e. The fraction of sp³-hybridized carbons (Fsp3) is 0.500. The molecule has 0 amide bonds. The van der Waals surface area contributed by atoms with E-state index in [4.69, 9.17) is 4.74 Å². The van der Waals surface area contributed by atoms with Crippen LogP contribution in [0, 0.1) is 6.92 Å². The summed E-state index contributed by atoms with van der Waals surface area (Å²) in [5.74, 6) is -0.426. The lowest BCUT2D eigenvalue weighted by atomic mass is 9.99. The third kappa shape index (κ3) is 5.72. The third-order valence-electron chi connectivity index (χ3n) is 3.45. The van der Waals surface area contributed by atoms with Crippen LogP contribution in [0.3, 0.4) is 0 Å². The maximum Gasteiger partial charge on any atom is 0.336 e. The second-order valence-electron chi connectivity index (χ2n) is 5.19. The van der Waals surface area contributed by atoms with E-state index in [-0.39, 0.29) is 0 Å². The van der Waals surface area contributed by atoms with Crippen LogP contribution in [0.2, 0.25) is 0 Å². The van der Waals surface area contributed by atoms with Gasteiger partial charge in [-0.1, -0.05) is 50.5 Å². The van der Waals surface area contributed by atoms with Gasteiger partial charge in [-0.3, -0.25) is 0 Å². The summed E-state index contributed by atoms with van der Waals surface area (Å²) in [5, 5.41) is 10.3. The van der Waals surface area contributed by atoms with Crippen LogP contribution in [0.4, 0.5) is 0 Å². The number of hydrogen-bond acceptors (Lipinski definition) is 3. The summed E-state index contributed by atoms with van der Waals surface area (Å²) in [6.45, 7) is 6.18. The average molecular weight is 290 g/mol. The normalized spacial score (nSPS) is 13.0. The van der Waals surface area contributed by atoms with Crippen molar-refractivity contribution < 1.29 is 14.6 Å². The van der Waals surface area contributed by atoms with E-state index in [1.54, 1.807) is 13.0 Å². The first kappa shape index (κ1) is 17.4. The highest BCUT2D eigenvalue weighted by Gasteiger charge is 2.20. The molecule has 1 atom stereocenters. The molecule has 0 radical (unpaired) electrons. The molecule has 0 aliphatic carbocycles. The molecular formula is C18H26O3. The van der Waals surface area contributed by atoms with Gasteiger partial charge in [0.2, 0.25) is 0 Å². The first-order valence-corrected chi connectivity index (χ1v) is 7.72. The fourth-order valence-electron chi connectivity index (χ4n) is 2.17. The molecule has 0 fully saturated rings. The molecule has 3 nitrogen and oxygen atoms in total. The van der Waals surface area contributed by atoms with E-state index in [0.29, 0.717) is 18.6 Å². The third-order valence-corrected chi connectivity index (χ3v) is 3.45. The summed E-state index contributed by atoms with van der Waals surface area (Å²) >= 11 is 0. The topological polar surface area (TPSA) is 46.5 Å². The predicted octanol–water partition coefficient (Wildman–Crippen LogP) is 3.88. The Balaban J connectivity index is 2.96. The molecule has 1 aromatic rings. The lowest BCUT2D eigenvalue weighted by Crippen LogP contribution is -2.20. The second-order valence-corrected chi connectivity index (χ2v) is 5.19. The van der Waals surface area contributed by atoms with Crippen molar-refractivity contribution in [2.75, 3.05) is 6.61 Å². The van der Waals surface area contributed by atoms with Crippen molar-refractivity contribution >= 4 is 12.0 Å². The number of aliphatic hydroxyl groups excluding tert-OH is 1. The van der Waals surface area contributed by atoms with Crippen molar-refractivity contribution in [3.63, 3.8) is 0 Å². The van der Waals surface area contributed by atoms with Crippen LogP contribution >= 0.6 is 0 Å². The van der Waals surface area contributed by atoms with Crippen LogP contribution in [0.1, 0.15) is 50.7 Å². The molecule has 0 aliphatic heterocycles. The van der Waals surface area contributed by atoms with Crippen molar-refractivity contribution in [2.24, 2.45) is 0 Å². The van der Waals surface area contributed by atoms with Crippen LogP contribution in [-0.4, -0.2) is 23.8 Å². The lowest BCUT2D eigenvalue weighted by molar-refractivity contribution is -0.139. The van der Waals surface area contributed by atoms with E-state index in [0.717, 1.165) is 30.4 Å². The second kappa shape index (κ2) is 9.35. The molecule has 0 heterocycles. The standard InChI is InChI=1S/C18H26O3/c1-4-6-7-12-17(19)16(18(20)21-5-2)13-15-11-9-8-10-14(15)3/h8-11,13,17,19H,4-7,12H2,1-3H3/b16-13-. The van der Waals surface area contributed by atoms with Crippen LogP contribution in [-0.2, 0) is 9.53 Å². The van der Waals surface area contributed by atoms with E-state index in [9.17, 15) is 9.90 Å². The number of ether oxygens (including phenoxy) is 1. The highest BCUT2D eigenvalue weighted by Crippen LogP contribution is 2.19. The van der Waals surface area contributed by atoms with E-state index in [1.807, 2.05) is 31.2 Å². The van der Waals surface area contributed by atoms with Crippen LogP contribution in [0.25, 0.3) is 6.08 Å². The van der Waals surface area contributed by atoms with Gasteiger partial charge < -0.3 is 9.84 Å². The van der Waals surface area contributed by atoms with E-state index >= 15 is 0 Å². The van der Waals surface area contributed by atoms with Gasteiger partial charge in [0.1, 0.15) is 0 Å². The monoisotopic (exact) mass is 290 g/mol. The van der Waals surface area contributed by atoms with Gasteiger partial charge in [0.05, 0.1) is 18.3 Å². The summed E-state index contributed by atoms with van der Waals surface area (Å²) in [6, 6.07) is 7.80. The Hall–Kier alpha value is -1.61. The highest BCUT2D eigenvalue weighted by molar-refractivity contribution is 5.95. The van der Waals surface area contributed by atoms with E-state index in [2.05, 4.69) is 6.92 Å². The minimum atomic E-state index is -0.768. The van der Waals surface area contributed by atoms with Gasteiger partial charge in [-0.25, -0.2) is 4.79 Å². The molecule has 0 bridgehead atoms. The number of aliphatic hydroxyl groups is 1. The molecule has 21 heavy (non-hydrogen) atoms. The first-order valence-electron chi connectivity index (χ1n) is 7.72. The summed E-state index contributed by atoms with van der Waals surface area (Å²) in [4.78, 5) is 12.1. The summed E-state index contributed by atoms with van der Waals surface area (Å²) in [7, 11) is 0. The molecule has 0 saturated carbocycles. The maximum absolute atomic E-state index is 12.1. The molecule has 1 aromatic carbocycles. The van der Waals surface area contributed by atoms with Crippen molar-refractivity contribution in [3.05, 3.63) is 41.0 Å². The molecule has 1 unspecified atom stereocenters.